The summed E-state index contributed by atoms with van der Waals surface area (Å²) in [6, 6.07) is 1.90. The van der Waals surface area contributed by atoms with Gasteiger partial charge in [0.2, 0.25) is 11.1 Å². The van der Waals surface area contributed by atoms with Crippen molar-refractivity contribution >= 4 is 17.7 Å². The van der Waals surface area contributed by atoms with E-state index >= 15 is 0 Å². The smallest absolute Gasteiger partial charge is 0.223 e. The van der Waals surface area contributed by atoms with Gasteiger partial charge in [-0.1, -0.05) is 0 Å². The number of aryl methyl sites for hydroxylation is 2. The minimum atomic E-state index is 0.630. The summed E-state index contributed by atoms with van der Waals surface area (Å²) in [5, 5.41) is 15.9. The highest BCUT2D eigenvalue weighted by Crippen LogP contribution is 2.23. The van der Waals surface area contributed by atoms with Gasteiger partial charge in [0, 0.05) is 19.3 Å². The molecule has 0 radical (unpaired) electrons. The topological polar surface area (TPSA) is 81.4 Å². The molecule has 2 aromatic heterocycles. The molecule has 17 heavy (non-hydrogen) atoms. The fourth-order valence-corrected chi connectivity index (χ4v) is 2.02. The molecule has 0 aliphatic rings. The molecule has 2 rings (SSSR count). The van der Waals surface area contributed by atoms with E-state index in [9.17, 15) is 0 Å². The van der Waals surface area contributed by atoms with E-state index in [0.29, 0.717) is 11.1 Å². The van der Waals surface area contributed by atoms with Gasteiger partial charge in [0.05, 0.1) is 0 Å². The Morgan fingerprint density at radius 2 is 2.24 bits per heavy atom. The van der Waals surface area contributed by atoms with Crippen LogP contribution in [-0.2, 0) is 7.05 Å². The lowest BCUT2D eigenvalue weighted by molar-refractivity contribution is 0.664. The van der Waals surface area contributed by atoms with Gasteiger partial charge in [-0.2, -0.15) is 0 Å². The zero-order valence-electron chi connectivity index (χ0n) is 9.88. The third-order valence-corrected chi connectivity index (χ3v) is 2.89. The van der Waals surface area contributed by atoms with Crippen LogP contribution in [0.4, 0.5) is 5.95 Å². The molecule has 0 saturated carbocycles. The zero-order valence-corrected chi connectivity index (χ0v) is 10.7. The van der Waals surface area contributed by atoms with Crippen LogP contribution in [0.25, 0.3) is 0 Å². The number of aromatic nitrogens is 6. The van der Waals surface area contributed by atoms with E-state index in [1.165, 1.54) is 11.8 Å². The summed E-state index contributed by atoms with van der Waals surface area (Å²) in [6.45, 7) is 4.73. The predicted octanol–water partition coefficient (Wildman–Crippen LogP) is 0.892. The summed E-state index contributed by atoms with van der Waals surface area (Å²) < 4.78 is 1.61. The summed E-state index contributed by atoms with van der Waals surface area (Å²) in [6.07, 6.45) is 0. The molecule has 0 fully saturated rings. The summed E-state index contributed by atoms with van der Waals surface area (Å²) >= 11 is 1.41. The Labute approximate surface area is 103 Å². The van der Waals surface area contributed by atoms with Crippen LogP contribution in [0.3, 0.4) is 0 Å². The van der Waals surface area contributed by atoms with E-state index in [1.807, 2.05) is 19.9 Å². The molecule has 2 heterocycles. The highest BCUT2D eigenvalue weighted by Gasteiger charge is 2.08. The first kappa shape index (κ1) is 11.8. The number of rotatable bonds is 4. The van der Waals surface area contributed by atoms with Crippen molar-refractivity contribution in [3.63, 3.8) is 0 Å². The van der Waals surface area contributed by atoms with Crippen molar-refractivity contribution in [3.8, 4) is 0 Å². The maximum atomic E-state index is 4.37. The average Bonchev–Trinajstić information content (AvgIpc) is 2.64. The third-order valence-electron chi connectivity index (χ3n) is 1.94. The highest BCUT2D eigenvalue weighted by molar-refractivity contribution is 7.99. The minimum Gasteiger partial charge on any atom is -0.354 e. The molecule has 0 aliphatic heterocycles. The van der Waals surface area contributed by atoms with Crippen molar-refractivity contribution in [2.24, 2.45) is 7.05 Å². The lowest BCUT2D eigenvalue weighted by atomic mass is 10.5. The fourth-order valence-electron chi connectivity index (χ4n) is 1.23. The second-order valence-electron chi connectivity index (χ2n) is 3.39. The van der Waals surface area contributed by atoms with Crippen LogP contribution in [0, 0.1) is 6.92 Å². The molecule has 7 nitrogen and oxygen atoms in total. The SMILES string of the molecule is CCNc1nc(C)cc(Sc2nnnn2C)n1. The standard InChI is InChI=1S/C9H13N7S/c1-4-10-8-11-6(2)5-7(12-8)17-9-13-14-15-16(9)3/h5H,4H2,1-3H3,(H,10,11,12). The molecule has 0 spiro atoms. The van der Waals surface area contributed by atoms with Crippen molar-refractivity contribution < 1.29 is 0 Å². The van der Waals surface area contributed by atoms with Crippen LogP contribution in [-0.4, -0.2) is 36.7 Å². The summed E-state index contributed by atoms with van der Waals surface area (Å²) in [5.74, 6) is 0.630. The lowest BCUT2D eigenvalue weighted by Gasteiger charge is -2.05. The highest BCUT2D eigenvalue weighted by atomic mass is 32.2. The van der Waals surface area contributed by atoms with Gasteiger partial charge in [-0.3, -0.25) is 0 Å². The van der Waals surface area contributed by atoms with Gasteiger partial charge in [-0.25, -0.2) is 14.6 Å². The van der Waals surface area contributed by atoms with Gasteiger partial charge < -0.3 is 5.32 Å². The van der Waals surface area contributed by atoms with Gasteiger partial charge in [-0.15, -0.1) is 5.10 Å². The van der Waals surface area contributed by atoms with Crippen molar-refractivity contribution in [1.29, 1.82) is 0 Å². The van der Waals surface area contributed by atoms with Gasteiger partial charge >= 0.3 is 0 Å². The lowest BCUT2D eigenvalue weighted by Crippen LogP contribution is -2.04. The van der Waals surface area contributed by atoms with E-state index in [2.05, 4.69) is 30.8 Å². The minimum absolute atomic E-state index is 0.630. The fraction of sp³-hybridized carbons (Fsp3) is 0.444. The number of nitrogens with zero attached hydrogens (tertiary/aromatic N) is 6. The van der Waals surface area contributed by atoms with E-state index < -0.39 is 0 Å². The first-order chi connectivity index (χ1) is 8.19. The second-order valence-corrected chi connectivity index (χ2v) is 4.38. The Morgan fingerprint density at radius 1 is 1.41 bits per heavy atom. The third kappa shape index (κ3) is 2.90. The zero-order chi connectivity index (χ0) is 12.3. The largest absolute Gasteiger partial charge is 0.354 e. The second kappa shape index (κ2) is 5.09. The van der Waals surface area contributed by atoms with E-state index in [-0.39, 0.29) is 0 Å². The van der Waals surface area contributed by atoms with Crippen molar-refractivity contribution in [1.82, 2.24) is 30.2 Å². The normalized spacial score (nSPS) is 10.5. The van der Waals surface area contributed by atoms with E-state index in [0.717, 1.165) is 17.3 Å². The number of hydrogen-bond donors (Lipinski definition) is 1. The molecule has 2 aromatic rings. The van der Waals surface area contributed by atoms with E-state index in [4.69, 9.17) is 0 Å². The summed E-state index contributed by atoms with van der Waals surface area (Å²) in [4.78, 5) is 8.65. The van der Waals surface area contributed by atoms with Gasteiger partial charge in [0.15, 0.2) is 0 Å². The van der Waals surface area contributed by atoms with Crippen LogP contribution in [0.2, 0.25) is 0 Å². The maximum absolute atomic E-state index is 4.37. The molecule has 0 atom stereocenters. The monoisotopic (exact) mass is 251 g/mol. The first-order valence-corrected chi connectivity index (χ1v) is 6.00. The van der Waals surface area contributed by atoms with E-state index in [1.54, 1.807) is 11.7 Å². The molecule has 0 amide bonds. The average molecular weight is 251 g/mol. The van der Waals surface area contributed by atoms with Crippen LogP contribution >= 0.6 is 11.8 Å². The Morgan fingerprint density at radius 3 is 2.88 bits per heavy atom. The Bertz CT molecular complexity index is 510. The van der Waals surface area contributed by atoms with Gasteiger partial charge in [0.1, 0.15) is 5.03 Å². The molecular weight excluding hydrogens is 238 g/mol. The van der Waals surface area contributed by atoms with Gasteiger partial charge in [0.25, 0.3) is 0 Å². The number of tetrazole rings is 1. The van der Waals surface area contributed by atoms with Crippen LogP contribution in [0.1, 0.15) is 12.6 Å². The quantitative estimate of drug-likeness (QED) is 0.808. The summed E-state index contributed by atoms with van der Waals surface area (Å²) in [7, 11) is 1.79. The number of hydrogen-bond acceptors (Lipinski definition) is 7. The molecule has 8 heteroatoms. The molecule has 0 bridgehead atoms. The molecule has 0 saturated heterocycles. The first-order valence-electron chi connectivity index (χ1n) is 5.19. The van der Waals surface area contributed by atoms with Gasteiger partial charge in [-0.05, 0) is 42.1 Å². The molecule has 0 aliphatic carbocycles. The molecule has 0 unspecified atom stereocenters. The molecule has 0 aromatic carbocycles. The van der Waals surface area contributed by atoms with Crippen molar-refractivity contribution in [2.75, 3.05) is 11.9 Å². The summed E-state index contributed by atoms with van der Waals surface area (Å²) in [5.41, 5.74) is 0.911. The number of nitrogens with one attached hydrogen (secondary N) is 1. The predicted molar refractivity (Wildman–Crippen MR) is 63.9 cm³/mol. The Hall–Kier alpha value is -1.70. The van der Waals surface area contributed by atoms with Crippen molar-refractivity contribution in [2.45, 2.75) is 24.0 Å². The number of anilines is 1. The Balaban J connectivity index is 2.23. The molecule has 1 N–H and O–H groups in total. The van der Waals surface area contributed by atoms with Crippen molar-refractivity contribution in [3.05, 3.63) is 11.8 Å². The van der Waals surface area contributed by atoms with Crippen LogP contribution in [0.15, 0.2) is 16.2 Å². The Kier molecular flexibility index (Phi) is 3.52. The molecular formula is C9H13N7S. The molecule has 90 valence electrons. The maximum Gasteiger partial charge on any atom is 0.223 e. The van der Waals surface area contributed by atoms with Crippen LogP contribution < -0.4 is 5.32 Å². The van der Waals surface area contributed by atoms with Crippen LogP contribution in [0.5, 0.6) is 0 Å².